The van der Waals surface area contributed by atoms with Gasteiger partial charge in [-0.15, -0.1) is 0 Å². The second-order valence-corrected chi connectivity index (χ2v) is 6.61. The van der Waals surface area contributed by atoms with E-state index in [4.69, 9.17) is 0 Å². The third-order valence-electron chi connectivity index (χ3n) is 3.26. The molecule has 0 bridgehead atoms. The quantitative estimate of drug-likeness (QED) is 0.594. The number of sulfonamides is 1. The molecular weight excluding hydrogens is 290 g/mol. The largest absolute Gasteiger partial charge is 0.389 e. The molecule has 1 aliphatic heterocycles. The summed E-state index contributed by atoms with van der Waals surface area (Å²) in [7, 11) is -1.67. The monoisotopic (exact) mass is 305 g/mol. The van der Waals surface area contributed by atoms with Crippen LogP contribution in [0.25, 0.3) is 0 Å². The van der Waals surface area contributed by atoms with Crippen LogP contribution in [0.1, 0.15) is 0 Å². The topological polar surface area (TPSA) is 122 Å². The van der Waals surface area contributed by atoms with Crippen molar-refractivity contribution in [3.05, 3.63) is 27.0 Å². The van der Waals surface area contributed by atoms with Gasteiger partial charge in [-0.3, -0.25) is 9.36 Å². The van der Waals surface area contributed by atoms with E-state index < -0.39 is 38.4 Å². The van der Waals surface area contributed by atoms with Crippen molar-refractivity contribution in [3.8, 4) is 0 Å². The van der Waals surface area contributed by atoms with Gasteiger partial charge in [-0.1, -0.05) is 0 Å². The fraction of sp³-hybridized carbons (Fsp3) is 0.600. The summed E-state index contributed by atoms with van der Waals surface area (Å²) in [4.78, 5) is 22.9. The Balaban J connectivity index is 2.57. The maximum absolute atomic E-state index is 12.3. The average molecular weight is 305 g/mol. The van der Waals surface area contributed by atoms with E-state index in [2.05, 4.69) is 0 Å². The zero-order valence-corrected chi connectivity index (χ0v) is 11.7. The van der Waals surface area contributed by atoms with Crippen LogP contribution in [0.4, 0.5) is 0 Å². The molecule has 2 rings (SSSR count). The lowest BCUT2D eigenvalue weighted by molar-refractivity contribution is 0.0572. The molecule has 9 nitrogen and oxygen atoms in total. The Morgan fingerprint density at radius 2 is 1.65 bits per heavy atom. The van der Waals surface area contributed by atoms with Crippen LogP contribution in [0.3, 0.4) is 0 Å². The van der Waals surface area contributed by atoms with Gasteiger partial charge in [-0.05, 0) is 0 Å². The van der Waals surface area contributed by atoms with Crippen LogP contribution in [0.15, 0.2) is 20.7 Å². The Kier molecular flexibility index (Phi) is 3.58. The van der Waals surface area contributed by atoms with Crippen molar-refractivity contribution in [3.63, 3.8) is 0 Å². The van der Waals surface area contributed by atoms with E-state index in [1.807, 2.05) is 0 Å². The van der Waals surface area contributed by atoms with Gasteiger partial charge in [0, 0.05) is 33.4 Å². The molecule has 1 fully saturated rings. The van der Waals surface area contributed by atoms with Crippen LogP contribution >= 0.6 is 0 Å². The summed E-state index contributed by atoms with van der Waals surface area (Å²) in [6.45, 7) is -0.592. The number of aliphatic hydroxyl groups excluding tert-OH is 2. The van der Waals surface area contributed by atoms with Crippen molar-refractivity contribution in [2.24, 2.45) is 14.1 Å². The lowest BCUT2D eigenvalue weighted by atomic mass is 10.3. The lowest BCUT2D eigenvalue weighted by Gasteiger charge is -2.16. The van der Waals surface area contributed by atoms with Crippen molar-refractivity contribution in [1.29, 1.82) is 0 Å². The lowest BCUT2D eigenvalue weighted by Crippen LogP contribution is -2.42. The minimum absolute atomic E-state index is 0.296. The van der Waals surface area contributed by atoms with Crippen molar-refractivity contribution < 1.29 is 18.6 Å². The summed E-state index contributed by atoms with van der Waals surface area (Å²) in [5.74, 6) is 0. The molecule has 0 spiro atoms. The van der Waals surface area contributed by atoms with Crippen molar-refractivity contribution in [2.75, 3.05) is 13.1 Å². The van der Waals surface area contributed by atoms with E-state index in [9.17, 15) is 28.2 Å². The normalized spacial score (nSPS) is 24.2. The molecule has 2 N–H and O–H groups in total. The van der Waals surface area contributed by atoms with E-state index in [-0.39, 0.29) is 13.1 Å². The van der Waals surface area contributed by atoms with Crippen LogP contribution in [-0.4, -0.2) is 57.4 Å². The molecule has 0 unspecified atom stereocenters. The molecule has 10 heteroatoms. The summed E-state index contributed by atoms with van der Waals surface area (Å²) in [5, 5.41) is 18.8. The van der Waals surface area contributed by atoms with Gasteiger partial charge in [0.1, 0.15) is 0 Å². The molecular formula is C10H15N3O6S. The van der Waals surface area contributed by atoms with E-state index in [0.29, 0.717) is 4.57 Å². The molecule has 2 heterocycles. The number of hydrogen-bond donors (Lipinski definition) is 2. The Morgan fingerprint density at radius 3 is 2.15 bits per heavy atom. The minimum Gasteiger partial charge on any atom is -0.389 e. The van der Waals surface area contributed by atoms with Gasteiger partial charge in [0.2, 0.25) is 10.0 Å². The first-order valence-electron chi connectivity index (χ1n) is 5.79. The SMILES string of the molecule is Cn1cc(S(=O)(=O)N2C[C@@H](O)[C@@H](O)C2)c(=O)n(C)c1=O. The molecule has 1 aromatic heterocycles. The van der Waals surface area contributed by atoms with Crippen LogP contribution < -0.4 is 11.2 Å². The summed E-state index contributed by atoms with van der Waals surface area (Å²) < 4.78 is 27.2. The smallest absolute Gasteiger partial charge is 0.330 e. The fourth-order valence-electron chi connectivity index (χ4n) is 2.02. The first-order valence-corrected chi connectivity index (χ1v) is 7.23. The van der Waals surface area contributed by atoms with E-state index in [1.165, 1.54) is 14.1 Å². The Labute approximate surface area is 114 Å². The van der Waals surface area contributed by atoms with Gasteiger partial charge >= 0.3 is 5.69 Å². The molecule has 1 aromatic rings. The summed E-state index contributed by atoms with van der Waals surface area (Å²) in [6.07, 6.45) is -1.45. The zero-order valence-electron chi connectivity index (χ0n) is 10.9. The highest BCUT2D eigenvalue weighted by Gasteiger charge is 2.39. The first-order chi connectivity index (χ1) is 9.16. The van der Waals surface area contributed by atoms with Crippen molar-refractivity contribution >= 4 is 10.0 Å². The van der Waals surface area contributed by atoms with Crippen LogP contribution in [0.2, 0.25) is 0 Å². The number of β-amino-alcohol motifs (C(OH)–C–C–N with tert-alkyl or cyclic N) is 2. The second-order valence-electron chi connectivity index (χ2n) is 4.71. The van der Waals surface area contributed by atoms with Gasteiger partial charge in [-0.25, -0.2) is 13.2 Å². The minimum atomic E-state index is -4.18. The van der Waals surface area contributed by atoms with Gasteiger partial charge in [0.15, 0.2) is 4.90 Å². The highest BCUT2D eigenvalue weighted by molar-refractivity contribution is 7.89. The predicted octanol–water partition coefficient (Wildman–Crippen LogP) is -3.19. The standard InChI is InChI=1S/C10H15N3O6S/c1-11-5-8(9(16)12(2)10(11)17)20(18,19)13-3-6(14)7(15)4-13/h5-7,14-15H,3-4H2,1-2H3/t6-,7+. The molecule has 1 aliphatic rings. The van der Waals surface area contributed by atoms with E-state index >= 15 is 0 Å². The highest BCUT2D eigenvalue weighted by Crippen LogP contribution is 2.18. The second kappa shape index (κ2) is 4.81. The number of nitrogens with zero attached hydrogens (tertiary/aromatic N) is 3. The number of hydrogen-bond acceptors (Lipinski definition) is 6. The van der Waals surface area contributed by atoms with Gasteiger partial charge in [0.05, 0.1) is 12.2 Å². The Morgan fingerprint density at radius 1 is 1.15 bits per heavy atom. The maximum atomic E-state index is 12.3. The maximum Gasteiger partial charge on any atom is 0.330 e. The number of rotatable bonds is 2. The third kappa shape index (κ3) is 2.20. The molecule has 0 saturated carbocycles. The molecule has 0 radical (unpaired) electrons. The third-order valence-corrected chi connectivity index (χ3v) is 5.07. The Hall–Kier alpha value is -1.49. The fourth-order valence-corrected chi connectivity index (χ4v) is 3.65. The van der Waals surface area contributed by atoms with E-state index in [0.717, 1.165) is 15.1 Å². The van der Waals surface area contributed by atoms with Crippen LogP contribution in [0.5, 0.6) is 0 Å². The highest BCUT2D eigenvalue weighted by atomic mass is 32.2. The summed E-state index contributed by atoms with van der Waals surface area (Å²) in [6, 6.07) is 0. The van der Waals surface area contributed by atoms with Crippen LogP contribution in [0, 0.1) is 0 Å². The molecule has 2 atom stereocenters. The first kappa shape index (κ1) is 14.9. The Bertz CT molecular complexity index is 739. The number of aliphatic hydroxyl groups is 2. The molecule has 1 saturated heterocycles. The summed E-state index contributed by atoms with van der Waals surface area (Å²) >= 11 is 0. The predicted molar refractivity (Wildman–Crippen MR) is 67.7 cm³/mol. The average Bonchev–Trinajstić information content (AvgIpc) is 2.72. The zero-order chi connectivity index (χ0) is 15.2. The van der Waals surface area contributed by atoms with Crippen LogP contribution in [-0.2, 0) is 24.1 Å². The number of aromatic nitrogens is 2. The van der Waals surface area contributed by atoms with Crippen molar-refractivity contribution in [1.82, 2.24) is 13.4 Å². The van der Waals surface area contributed by atoms with Gasteiger partial charge < -0.3 is 14.8 Å². The van der Waals surface area contributed by atoms with E-state index in [1.54, 1.807) is 0 Å². The molecule has 0 amide bonds. The van der Waals surface area contributed by atoms with Crippen molar-refractivity contribution in [2.45, 2.75) is 17.1 Å². The molecule has 0 aromatic carbocycles. The van der Waals surface area contributed by atoms with Gasteiger partial charge in [-0.2, -0.15) is 4.31 Å². The molecule has 112 valence electrons. The molecule has 0 aliphatic carbocycles. The van der Waals surface area contributed by atoms with Gasteiger partial charge in [0.25, 0.3) is 5.56 Å². The summed E-state index contributed by atoms with van der Waals surface area (Å²) in [5.41, 5.74) is -1.58. The number of aryl methyl sites for hydroxylation is 1. The molecule has 20 heavy (non-hydrogen) atoms.